The Kier molecular flexibility index (Phi) is 3.80. The number of rotatable bonds is 2. The number of halogens is 2. The smallest absolute Gasteiger partial charge is 0.147 e. The van der Waals surface area contributed by atoms with Crippen LogP contribution in [0.2, 0.25) is 0 Å². The first-order valence-corrected chi connectivity index (χ1v) is 7.55. The highest BCUT2D eigenvalue weighted by atomic mass is 32.2. The number of thioether (sulfide) groups is 1. The summed E-state index contributed by atoms with van der Waals surface area (Å²) in [5.74, 6) is 0.0817. The van der Waals surface area contributed by atoms with Gasteiger partial charge in [-0.05, 0) is 36.2 Å². The maximum atomic E-state index is 14.0. The van der Waals surface area contributed by atoms with Gasteiger partial charge in [-0.25, -0.2) is 8.78 Å². The van der Waals surface area contributed by atoms with Gasteiger partial charge in [-0.15, -0.1) is 11.8 Å². The minimum Gasteiger partial charge on any atom is -0.376 e. The second kappa shape index (κ2) is 5.74. The second-order valence-electron chi connectivity index (χ2n) is 4.80. The van der Waals surface area contributed by atoms with Gasteiger partial charge in [0.15, 0.2) is 0 Å². The topological polar surface area (TPSA) is 35.8 Å². The van der Waals surface area contributed by atoms with E-state index in [9.17, 15) is 8.78 Å². The van der Waals surface area contributed by atoms with Crippen molar-refractivity contribution in [2.75, 3.05) is 11.1 Å². The van der Waals surface area contributed by atoms with Gasteiger partial charge in [-0.1, -0.05) is 12.1 Å². The minimum atomic E-state index is -0.467. The van der Waals surface area contributed by atoms with Crippen molar-refractivity contribution in [1.82, 2.24) is 0 Å². The fourth-order valence-electron chi connectivity index (χ4n) is 2.43. The maximum absolute atomic E-state index is 14.0. The third-order valence-corrected chi connectivity index (χ3v) is 4.61. The zero-order chi connectivity index (χ0) is 14.8. The van der Waals surface area contributed by atoms with E-state index in [1.807, 2.05) is 12.1 Å². The molecular formula is C16H12F2N2S. The third kappa shape index (κ3) is 2.72. The van der Waals surface area contributed by atoms with Crippen LogP contribution in [-0.4, -0.2) is 5.75 Å². The maximum Gasteiger partial charge on any atom is 0.147 e. The molecule has 0 radical (unpaired) electrons. The van der Waals surface area contributed by atoms with Crippen molar-refractivity contribution >= 4 is 17.4 Å². The van der Waals surface area contributed by atoms with Crippen LogP contribution in [0.5, 0.6) is 0 Å². The fraction of sp³-hybridized carbons (Fsp3) is 0.188. The van der Waals surface area contributed by atoms with Crippen molar-refractivity contribution in [2.45, 2.75) is 17.4 Å². The van der Waals surface area contributed by atoms with Crippen molar-refractivity contribution < 1.29 is 8.78 Å². The number of anilines is 1. The van der Waals surface area contributed by atoms with E-state index in [-0.39, 0.29) is 17.4 Å². The predicted molar refractivity (Wildman–Crippen MR) is 79.2 cm³/mol. The molecule has 2 aromatic carbocycles. The van der Waals surface area contributed by atoms with Gasteiger partial charge in [-0.3, -0.25) is 0 Å². The molecule has 3 rings (SSSR count). The molecule has 0 fully saturated rings. The summed E-state index contributed by atoms with van der Waals surface area (Å²) < 4.78 is 27.8. The first-order chi connectivity index (χ1) is 10.2. The molecule has 106 valence electrons. The molecule has 1 atom stereocenters. The van der Waals surface area contributed by atoms with Gasteiger partial charge in [-0.2, -0.15) is 5.26 Å². The van der Waals surface area contributed by atoms with Gasteiger partial charge >= 0.3 is 0 Å². The molecule has 0 saturated heterocycles. The largest absolute Gasteiger partial charge is 0.376 e. The van der Waals surface area contributed by atoms with E-state index >= 15 is 0 Å². The number of benzene rings is 2. The van der Waals surface area contributed by atoms with E-state index in [1.165, 1.54) is 23.9 Å². The van der Waals surface area contributed by atoms with E-state index in [2.05, 4.69) is 5.32 Å². The Hall–Kier alpha value is -2.06. The van der Waals surface area contributed by atoms with Gasteiger partial charge in [0.25, 0.3) is 0 Å². The van der Waals surface area contributed by atoms with Crippen LogP contribution < -0.4 is 5.32 Å². The lowest BCUT2D eigenvalue weighted by Crippen LogP contribution is -2.17. The van der Waals surface area contributed by atoms with Gasteiger partial charge in [0.1, 0.15) is 11.6 Å². The van der Waals surface area contributed by atoms with Crippen LogP contribution in [0.3, 0.4) is 0 Å². The normalized spacial score (nSPS) is 16.9. The number of fused-ring (bicyclic) bond motifs is 1. The van der Waals surface area contributed by atoms with Crippen molar-refractivity contribution in [3.8, 4) is 6.07 Å². The quantitative estimate of drug-likeness (QED) is 0.888. The van der Waals surface area contributed by atoms with Crippen LogP contribution in [0.15, 0.2) is 41.3 Å². The van der Waals surface area contributed by atoms with E-state index in [0.29, 0.717) is 10.6 Å². The zero-order valence-electron chi connectivity index (χ0n) is 11.1. The van der Waals surface area contributed by atoms with E-state index in [0.717, 1.165) is 17.7 Å². The van der Waals surface area contributed by atoms with Gasteiger partial charge < -0.3 is 5.32 Å². The Labute approximate surface area is 125 Å². The van der Waals surface area contributed by atoms with E-state index in [4.69, 9.17) is 5.26 Å². The zero-order valence-corrected chi connectivity index (χ0v) is 11.9. The van der Waals surface area contributed by atoms with Gasteiger partial charge in [0.2, 0.25) is 0 Å². The summed E-state index contributed by atoms with van der Waals surface area (Å²) in [7, 11) is 0. The molecule has 5 heteroatoms. The summed E-state index contributed by atoms with van der Waals surface area (Å²) in [5, 5.41) is 11.9. The third-order valence-electron chi connectivity index (χ3n) is 3.45. The molecule has 0 spiro atoms. The van der Waals surface area contributed by atoms with Crippen LogP contribution in [-0.2, 0) is 0 Å². The number of nitriles is 1. The summed E-state index contributed by atoms with van der Waals surface area (Å²) in [4.78, 5) is 0.635. The van der Waals surface area contributed by atoms with Gasteiger partial charge in [0, 0.05) is 10.6 Å². The summed E-state index contributed by atoms with van der Waals surface area (Å²) in [6, 6.07) is 11.1. The van der Waals surface area contributed by atoms with Gasteiger partial charge in [0.05, 0.1) is 23.4 Å². The molecule has 2 nitrogen and oxygen atoms in total. The molecule has 21 heavy (non-hydrogen) atoms. The van der Waals surface area contributed by atoms with Crippen molar-refractivity contribution in [3.63, 3.8) is 0 Å². The Bertz CT molecular complexity index is 725. The molecule has 1 heterocycles. The average Bonchev–Trinajstić information content (AvgIpc) is 2.50. The van der Waals surface area contributed by atoms with Crippen molar-refractivity contribution in [1.29, 1.82) is 5.26 Å². The standard InChI is InChI=1S/C16H12F2N2S/c17-12-3-1-2-11-14(6-7-21-16(11)12)20-15-5-4-10(9-19)8-13(15)18/h1-5,8,14,20H,6-7H2. The van der Waals surface area contributed by atoms with E-state index < -0.39 is 5.82 Å². The molecule has 1 N–H and O–H groups in total. The molecule has 0 aliphatic carbocycles. The predicted octanol–water partition coefficient (Wildman–Crippen LogP) is 4.49. The summed E-state index contributed by atoms with van der Waals surface area (Å²) >= 11 is 1.49. The van der Waals surface area contributed by atoms with Crippen LogP contribution in [0.25, 0.3) is 0 Å². The lowest BCUT2D eigenvalue weighted by Gasteiger charge is -2.27. The Balaban J connectivity index is 1.91. The van der Waals surface area contributed by atoms with Crippen LogP contribution >= 0.6 is 11.8 Å². The fourth-order valence-corrected chi connectivity index (χ4v) is 3.57. The Morgan fingerprint density at radius 3 is 2.81 bits per heavy atom. The summed E-state index contributed by atoms with van der Waals surface area (Å²) in [6.45, 7) is 0. The Morgan fingerprint density at radius 2 is 2.05 bits per heavy atom. The lowest BCUT2D eigenvalue weighted by atomic mass is 10.0. The number of hydrogen-bond acceptors (Lipinski definition) is 3. The molecule has 0 saturated carbocycles. The second-order valence-corrected chi connectivity index (χ2v) is 5.90. The summed E-state index contributed by atoms with van der Waals surface area (Å²) in [6.07, 6.45) is 0.792. The SMILES string of the molecule is N#Cc1ccc(NC2CCSc3c(F)cccc32)c(F)c1. The summed E-state index contributed by atoms with van der Waals surface area (Å²) in [5.41, 5.74) is 1.47. The number of nitrogens with one attached hydrogen (secondary N) is 1. The van der Waals surface area contributed by atoms with Crippen LogP contribution in [0.1, 0.15) is 23.6 Å². The first kappa shape index (κ1) is 13.9. The van der Waals surface area contributed by atoms with Crippen LogP contribution in [0, 0.1) is 23.0 Å². The monoisotopic (exact) mass is 302 g/mol. The highest BCUT2D eigenvalue weighted by Gasteiger charge is 2.23. The molecule has 0 aromatic heterocycles. The average molecular weight is 302 g/mol. The van der Waals surface area contributed by atoms with Crippen molar-refractivity contribution in [3.05, 3.63) is 59.2 Å². The minimum absolute atomic E-state index is 0.126. The van der Waals surface area contributed by atoms with Crippen LogP contribution in [0.4, 0.5) is 14.5 Å². The Morgan fingerprint density at radius 1 is 1.19 bits per heavy atom. The highest BCUT2D eigenvalue weighted by molar-refractivity contribution is 7.99. The molecular weight excluding hydrogens is 290 g/mol. The number of hydrogen-bond donors (Lipinski definition) is 1. The number of nitrogens with zero attached hydrogens (tertiary/aromatic N) is 1. The molecule has 1 unspecified atom stereocenters. The lowest BCUT2D eigenvalue weighted by molar-refractivity contribution is 0.583. The van der Waals surface area contributed by atoms with Crippen molar-refractivity contribution in [2.24, 2.45) is 0 Å². The van der Waals surface area contributed by atoms with E-state index in [1.54, 1.807) is 18.2 Å². The molecule has 2 aromatic rings. The molecule has 0 bridgehead atoms. The first-order valence-electron chi connectivity index (χ1n) is 6.56. The molecule has 1 aliphatic rings. The molecule has 0 amide bonds. The molecule has 1 aliphatic heterocycles. The highest BCUT2D eigenvalue weighted by Crippen LogP contribution is 2.39.